The third-order valence-electron chi connectivity index (χ3n) is 3.40. The molecule has 0 heterocycles. The minimum atomic E-state index is -0.673. The van der Waals surface area contributed by atoms with Crippen LogP contribution in [0.2, 0.25) is 0 Å². The lowest BCUT2D eigenvalue weighted by Gasteiger charge is -2.25. The number of unbranched alkanes of at least 4 members (excludes halogenated alkanes) is 1. The van der Waals surface area contributed by atoms with Crippen LogP contribution >= 0.6 is 0 Å². The lowest BCUT2D eigenvalue weighted by Crippen LogP contribution is -2.24. The normalized spacial score (nSPS) is 10.7. The molecule has 2 amide bonds. The number of nitrogens with two attached hydrogens (primary N) is 1. The van der Waals surface area contributed by atoms with Crippen LogP contribution in [-0.2, 0) is 0 Å². The minimum Gasteiger partial charge on any atom is -0.350 e. The van der Waals surface area contributed by atoms with Gasteiger partial charge in [0.05, 0.1) is 6.21 Å². The van der Waals surface area contributed by atoms with E-state index in [2.05, 4.69) is 34.5 Å². The van der Waals surface area contributed by atoms with Crippen LogP contribution < -0.4 is 16.1 Å². The summed E-state index contributed by atoms with van der Waals surface area (Å²) in [5.74, 6) is 0. The number of hydrazone groups is 1. The standard InChI is InChI=1S/C18H22N4O/c1-2-3-13-22(16-7-5-4-6-8-16)17-11-9-15(10-12-17)14-20-21-18(19)23/h4-12,14H,2-3,13H2,1H3,(H3,19,21,23). The highest BCUT2D eigenvalue weighted by Gasteiger charge is 2.08. The molecule has 0 aliphatic carbocycles. The molecule has 5 heteroatoms. The molecule has 5 nitrogen and oxygen atoms in total. The molecule has 0 bridgehead atoms. The molecule has 0 saturated carbocycles. The Morgan fingerprint density at radius 1 is 1.13 bits per heavy atom. The SMILES string of the molecule is CCCCN(c1ccccc1)c1ccc(C=NNC(N)=O)cc1. The van der Waals surface area contributed by atoms with E-state index in [9.17, 15) is 4.79 Å². The zero-order valence-corrected chi connectivity index (χ0v) is 13.3. The summed E-state index contributed by atoms with van der Waals surface area (Å²) < 4.78 is 0. The van der Waals surface area contributed by atoms with Crippen LogP contribution in [0.1, 0.15) is 25.3 Å². The van der Waals surface area contributed by atoms with Crippen LogP contribution in [0, 0.1) is 0 Å². The molecule has 0 unspecified atom stereocenters. The summed E-state index contributed by atoms with van der Waals surface area (Å²) in [6.07, 6.45) is 3.83. The number of urea groups is 1. The van der Waals surface area contributed by atoms with E-state index in [1.165, 1.54) is 5.69 Å². The molecular formula is C18H22N4O. The zero-order chi connectivity index (χ0) is 16.5. The molecule has 2 rings (SSSR count). The molecule has 0 atom stereocenters. The predicted octanol–water partition coefficient (Wildman–Crippen LogP) is 3.63. The molecule has 0 spiro atoms. The number of nitrogens with zero attached hydrogens (tertiary/aromatic N) is 2. The lowest BCUT2D eigenvalue weighted by atomic mass is 10.1. The first-order valence-corrected chi connectivity index (χ1v) is 7.72. The average molecular weight is 310 g/mol. The number of para-hydroxylation sites is 1. The van der Waals surface area contributed by atoms with Gasteiger partial charge in [-0.25, -0.2) is 10.2 Å². The topological polar surface area (TPSA) is 70.7 Å². The van der Waals surface area contributed by atoms with Gasteiger partial charge in [-0.3, -0.25) is 0 Å². The Kier molecular flexibility index (Phi) is 6.17. The molecule has 0 saturated heterocycles. The molecule has 0 aliphatic rings. The van der Waals surface area contributed by atoms with E-state index in [-0.39, 0.29) is 0 Å². The fraction of sp³-hybridized carbons (Fsp3) is 0.222. The second-order valence-electron chi connectivity index (χ2n) is 5.17. The van der Waals surface area contributed by atoms with E-state index in [0.29, 0.717) is 0 Å². The molecule has 0 radical (unpaired) electrons. The molecule has 23 heavy (non-hydrogen) atoms. The summed E-state index contributed by atoms with van der Waals surface area (Å²) in [7, 11) is 0. The third-order valence-corrected chi connectivity index (χ3v) is 3.40. The van der Waals surface area contributed by atoms with Gasteiger partial charge in [-0.1, -0.05) is 43.7 Å². The largest absolute Gasteiger partial charge is 0.350 e. The van der Waals surface area contributed by atoms with Gasteiger partial charge in [-0.05, 0) is 36.2 Å². The first-order chi connectivity index (χ1) is 11.2. The molecule has 0 fully saturated rings. The number of hydrogen-bond donors (Lipinski definition) is 2. The maximum atomic E-state index is 10.6. The Bertz CT molecular complexity index is 638. The van der Waals surface area contributed by atoms with Gasteiger partial charge in [0.15, 0.2) is 0 Å². The first kappa shape index (κ1) is 16.5. The Labute approximate surface area is 136 Å². The van der Waals surface area contributed by atoms with Gasteiger partial charge < -0.3 is 10.6 Å². The first-order valence-electron chi connectivity index (χ1n) is 7.72. The fourth-order valence-corrected chi connectivity index (χ4v) is 2.24. The zero-order valence-electron chi connectivity index (χ0n) is 13.3. The highest BCUT2D eigenvalue weighted by Crippen LogP contribution is 2.25. The number of carbonyl (C=O) groups is 1. The van der Waals surface area contributed by atoms with Gasteiger partial charge in [0.25, 0.3) is 0 Å². The van der Waals surface area contributed by atoms with Crippen LogP contribution in [0.4, 0.5) is 16.2 Å². The number of benzene rings is 2. The van der Waals surface area contributed by atoms with Crippen LogP contribution in [0.15, 0.2) is 59.7 Å². The molecule has 2 aromatic carbocycles. The van der Waals surface area contributed by atoms with Crippen LogP contribution in [0.25, 0.3) is 0 Å². The summed E-state index contributed by atoms with van der Waals surface area (Å²) >= 11 is 0. The maximum absolute atomic E-state index is 10.6. The predicted molar refractivity (Wildman–Crippen MR) is 95.1 cm³/mol. The molecule has 0 aromatic heterocycles. The summed E-state index contributed by atoms with van der Waals surface area (Å²) in [6, 6.07) is 17.7. The minimum absolute atomic E-state index is 0.673. The Morgan fingerprint density at radius 2 is 1.78 bits per heavy atom. The van der Waals surface area contributed by atoms with Crippen LogP contribution in [-0.4, -0.2) is 18.8 Å². The van der Waals surface area contributed by atoms with Gasteiger partial charge >= 0.3 is 6.03 Å². The highest BCUT2D eigenvalue weighted by molar-refractivity contribution is 5.82. The number of anilines is 2. The number of rotatable bonds is 7. The maximum Gasteiger partial charge on any atom is 0.332 e. The van der Waals surface area contributed by atoms with Gasteiger partial charge in [0.2, 0.25) is 0 Å². The van der Waals surface area contributed by atoms with E-state index >= 15 is 0 Å². The van der Waals surface area contributed by atoms with Crippen molar-refractivity contribution in [3.05, 3.63) is 60.2 Å². The summed E-state index contributed by atoms with van der Waals surface area (Å²) in [6.45, 7) is 3.16. The van der Waals surface area contributed by atoms with Crippen molar-refractivity contribution in [1.29, 1.82) is 0 Å². The van der Waals surface area contributed by atoms with Crippen molar-refractivity contribution in [2.45, 2.75) is 19.8 Å². The van der Waals surface area contributed by atoms with Crippen molar-refractivity contribution in [1.82, 2.24) is 5.43 Å². The van der Waals surface area contributed by atoms with E-state index in [1.807, 2.05) is 42.5 Å². The van der Waals surface area contributed by atoms with Gasteiger partial charge in [-0.15, -0.1) is 0 Å². The molecule has 3 N–H and O–H groups in total. The lowest BCUT2D eigenvalue weighted by molar-refractivity contribution is 0.249. The van der Waals surface area contributed by atoms with E-state index in [0.717, 1.165) is 30.6 Å². The quantitative estimate of drug-likeness (QED) is 0.605. The smallest absolute Gasteiger partial charge is 0.332 e. The fourth-order valence-electron chi connectivity index (χ4n) is 2.24. The van der Waals surface area contributed by atoms with Crippen molar-refractivity contribution < 1.29 is 4.79 Å². The van der Waals surface area contributed by atoms with Crippen molar-refractivity contribution in [3.8, 4) is 0 Å². The van der Waals surface area contributed by atoms with Crippen molar-refractivity contribution >= 4 is 23.6 Å². The molecule has 0 aliphatic heterocycles. The number of carbonyl (C=O) groups excluding carboxylic acids is 1. The van der Waals surface area contributed by atoms with Crippen molar-refractivity contribution in [2.75, 3.05) is 11.4 Å². The third kappa shape index (κ3) is 5.14. The summed E-state index contributed by atoms with van der Waals surface area (Å²) in [5, 5.41) is 3.76. The Morgan fingerprint density at radius 3 is 2.39 bits per heavy atom. The number of amides is 2. The van der Waals surface area contributed by atoms with Crippen LogP contribution in [0.5, 0.6) is 0 Å². The number of primary amides is 1. The molecule has 2 aromatic rings. The molecular weight excluding hydrogens is 288 g/mol. The Hall–Kier alpha value is -2.82. The number of nitrogens with one attached hydrogen (secondary N) is 1. The van der Waals surface area contributed by atoms with Gasteiger partial charge in [0, 0.05) is 17.9 Å². The number of hydrogen-bond acceptors (Lipinski definition) is 3. The van der Waals surface area contributed by atoms with E-state index < -0.39 is 6.03 Å². The highest BCUT2D eigenvalue weighted by atomic mass is 16.2. The van der Waals surface area contributed by atoms with E-state index in [4.69, 9.17) is 5.73 Å². The molecule has 120 valence electrons. The van der Waals surface area contributed by atoms with E-state index in [1.54, 1.807) is 6.21 Å². The van der Waals surface area contributed by atoms with Crippen molar-refractivity contribution in [2.24, 2.45) is 10.8 Å². The van der Waals surface area contributed by atoms with Gasteiger partial charge in [0.1, 0.15) is 0 Å². The van der Waals surface area contributed by atoms with Crippen molar-refractivity contribution in [3.63, 3.8) is 0 Å². The second-order valence-corrected chi connectivity index (χ2v) is 5.17. The van der Waals surface area contributed by atoms with Gasteiger partial charge in [-0.2, -0.15) is 5.10 Å². The summed E-state index contributed by atoms with van der Waals surface area (Å²) in [4.78, 5) is 12.9. The summed E-state index contributed by atoms with van der Waals surface area (Å²) in [5.41, 5.74) is 10.3. The average Bonchev–Trinajstić information content (AvgIpc) is 2.57. The monoisotopic (exact) mass is 310 g/mol. The second kappa shape index (κ2) is 8.58. The van der Waals surface area contributed by atoms with Crippen LogP contribution in [0.3, 0.4) is 0 Å². The Balaban J connectivity index is 2.16.